The second-order valence-electron chi connectivity index (χ2n) is 13.4. The Bertz CT molecular complexity index is 2430. The first-order valence-electron chi connectivity index (χ1n) is 19.1. The van der Waals surface area contributed by atoms with Gasteiger partial charge in [-0.25, -0.2) is 4.98 Å². The van der Waals surface area contributed by atoms with Crippen LogP contribution in [0, 0.1) is 10.1 Å². The molecule has 0 aliphatic rings. The van der Waals surface area contributed by atoms with Crippen LogP contribution in [0.25, 0.3) is 12.2 Å². The number of benzene rings is 2. The van der Waals surface area contributed by atoms with Gasteiger partial charge in [0.25, 0.3) is 5.69 Å². The number of Topliss-reactive ketones (excluding diaryl/α,β-unsaturated/α-hetero) is 9. The van der Waals surface area contributed by atoms with Crippen molar-refractivity contribution in [3.63, 3.8) is 0 Å². The Morgan fingerprint density at radius 2 is 1.09 bits per heavy atom. The van der Waals surface area contributed by atoms with E-state index in [1.807, 2.05) is 6.92 Å². The van der Waals surface area contributed by atoms with Gasteiger partial charge in [0, 0.05) is 46.8 Å². The van der Waals surface area contributed by atoms with E-state index in [1.54, 1.807) is 25.1 Å². The zero-order valence-electron chi connectivity index (χ0n) is 36.7. The number of imidazole rings is 1. The van der Waals surface area contributed by atoms with E-state index in [-0.39, 0.29) is 91.1 Å². The number of phenolic OH excluding ortho intramolecular Hbond substituents is 2. The molecule has 0 spiro atoms. The number of carbonyl (C=O) groups excluding carboxylic acids is 9. The lowest BCUT2D eigenvalue weighted by Gasteiger charge is -2.04. The molecule has 4 rings (SSSR count). The van der Waals surface area contributed by atoms with Crippen molar-refractivity contribution in [2.24, 2.45) is 0 Å². The fourth-order valence-corrected chi connectivity index (χ4v) is 5.15. The standard InChI is InChI=1S/C14H14O4.C12H11NO5.C12H13NO2.C9H10N2O2/c1-8(15)11-4-5-14(18)12(6-11)7-13(9(2)16)10(3)17;1-7(14)11(8(2)15)6-9-5-10(13(17)18)3-4-12(9)16;1-3-4-11(9(2)14)12(15)10-5-7-13-8-6-10;1-3-7(6(2)12)9(13)8-4-10-5-11-8/h4-7,18H,1-3H3;3-6,16H,1-2H3;4-8H,3H2,1-2H3;3-5H,1-2H3,(H,10,11)/b;;11-4+;7-3+. The van der Waals surface area contributed by atoms with E-state index in [0.717, 1.165) is 24.3 Å². The Morgan fingerprint density at radius 1 is 0.625 bits per heavy atom. The lowest BCUT2D eigenvalue weighted by atomic mass is 10.0. The molecule has 0 fully saturated rings. The molecule has 0 unspecified atom stereocenters. The Balaban J connectivity index is 0.000000430. The molecule has 2 aromatic carbocycles. The first-order valence-corrected chi connectivity index (χ1v) is 19.1. The van der Waals surface area contributed by atoms with E-state index in [0.29, 0.717) is 23.2 Å². The average Bonchev–Trinajstić information content (AvgIpc) is 3.78. The second-order valence-corrected chi connectivity index (χ2v) is 13.4. The number of ketones is 9. The highest BCUT2D eigenvalue weighted by atomic mass is 16.6. The minimum Gasteiger partial charge on any atom is -0.507 e. The normalized spacial score (nSPS) is 10.4. The third-order valence-electron chi connectivity index (χ3n) is 8.40. The predicted molar refractivity (Wildman–Crippen MR) is 237 cm³/mol. The zero-order valence-corrected chi connectivity index (χ0v) is 36.7. The third kappa shape index (κ3) is 17.0. The fourth-order valence-electron chi connectivity index (χ4n) is 5.15. The van der Waals surface area contributed by atoms with Gasteiger partial charge >= 0.3 is 0 Å². The van der Waals surface area contributed by atoms with Gasteiger partial charge < -0.3 is 15.2 Å². The van der Waals surface area contributed by atoms with Gasteiger partial charge in [0.05, 0.1) is 39.7 Å². The van der Waals surface area contributed by atoms with E-state index in [4.69, 9.17) is 0 Å². The monoisotopic (exact) mass is 876 g/mol. The highest BCUT2D eigenvalue weighted by Gasteiger charge is 2.18. The summed E-state index contributed by atoms with van der Waals surface area (Å²) in [5.41, 5.74) is 1.66. The smallest absolute Gasteiger partial charge is 0.270 e. The van der Waals surface area contributed by atoms with Crippen LogP contribution >= 0.6 is 0 Å². The van der Waals surface area contributed by atoms with Gasteiger partial charge in [-0.15, -0.1) is 0 Å². The number of carbonyl (C=O) groups is 9. The van der Waals surface area contributed by atoms with Crippen LogP contribution in [0.2, 0.25) is 0 Å². The van der Waals surface area contributed by atoms with E-state index in [9.17, 15) is 63.5 Å². The van der Waals surface area contributed by atoms with Crippen molar-refractivity contribution in [1.29, 1.82) is 0 Å². The van der Waals surface area contributed by atoms with E-state index < -0.39 is 16.5 Å². The summed E-state index contributed by atoms with van der Waals surface area (Å²) in [6, 6.07) is 10.9. The first-order chi connectivity index (χ1) is 30.0. The van der Waals surface area contributed by atoms with Gasteiger partial charge in [-0.2, -0.15) is 0 Å². The van der Waals surface area contributed by atoms with Crippen LogP contribution in [0.15, 0.2) is 108 Å². The first kappa shape index (κ1) is 53.8. The fraction of sp³-hybridized carbons (Fsp3) is 0.213. The number of allylic oxidation sites excluding steroid dienone is 6. The van der Waals surface area contributed by atoms with Crippen molar-refractivity contribution >= 4 is 69.9 Å². The van der Waals surface area contributed by atoms with Crippen LogP contribution in [-0.4, -0.2) is 82.1 Å². The van der Waals surface area contributed by atoms with Crippen LogP contribution in [0.5, 0.6) is 11.5 Å². The number of nitrogens with one attached hydrogen (secondary N) is 1. The molecule has 0 radical (unpaired) electrons. The average molecular weight is 877 g/mol. The number of nitro benzene ring substituents is 1. The van der Waals surface area contributed by atoms with E-state index in [2.05, 4.69) is 15.0 Å². The molecule has 2 heterocycles. The molecule has 0 amide bonds. The molecular formula is C47H48N4O13. The summed E-state index contributed by atoms with van der Waals surface area (Å²) < 4.78 is 0. The number of hydrogen-bond acceptors (Lipinski definition) is 15. The number of phenols is 2. The maximum absolute atomic E-state index is 11.9. The van der Waals surface area contributed by atoms with Gasteiger partial charge in [-0.05, 0) is 110 Å². The highest BCUT2D eigenvalue weighted by Crippen LogP contribution is 2.26. The van der Waals surface area contributed by atoms with Crippen molar-refractivity contribution in [3.05, 3.63) is 146 Å². The molecule has 64 heavy (non-hydrogen) atoms. The Hall–Kier alpha value is -8.21. The van der Waals surface area contributed by atoms with Crippen molar-refractivity contribution in [3.8, 4) is 11.5 Å². The zero-order chi connectivity index (χ0) is 48.8. The molecule has 17 nitrogen and oxygen atoms in total. The summed E-state index contributed by atoms with van der Waals surface area (Å²) in [6.07, 6.45) is 12.2. The number of nitro groups is 1. The summed E-state index contributed by atoms with van der Waals surface area (Å²) in [6.45, 7) is 12.7. The SMILES string of the molecule is C/C=C(\C(C)=O)C(=O)c1cnc[nH]1.CC(=O)C(=Cc1cc(C(C)=O)ccc1O)C(C)=O.CC(=O)C(=Cc1cc([N+](=O)[O-])ccc1O)C(C)=O.CC/C=C(\C(C)=O)C(=O)c1ccncc1. The topological polar surface area (TPSA) is 279 Å². The molecular weight excluding hydrogens is 829 g/mol. The molecule has 0 bridgehead atoms. The summed E-state index contributed by atoms with van der Waals surface area (Å²) in [5.74, 6) is -3.13. The second kappa shape index (κ2) is 26.2. The van der Waals surface area contributed by atoms with Crippen LogP contribution in [0.4, 0.5) is 5.69 Å². The van der Waals surface area contributed by atoms with Gasteiger partial charge in [0.15, 0.2) is 46.3 Å². The van der Waals surface area contributed by atoms with Crippen LogP contribution in [-0.2, 0) is 28.8 Å². The predicted octanol–water partition coefficient (Wildman–Crippen LogP) is 7.34. The van der Waals surface area contributed by atoms with Gasteiger partial charge in [-0.3, -0.25) is 58.2 Å². The molecule has 0 saturated heterocycles. The van der Waals surface area contributed by atoms with Crippen LogP contribution < -0.4 is 0 Å². The summed E-state index contributed by atoms with van der Waals surface area (Å²) in [7, 11) is 0. The van der Waals surface area contributed by atoms with Crippen molar-refractivity contribution in [2.45, 2.75) is 68.7 Å². The highest BCUT2D eigenvalue weighted by molar-refractivity contribution is 6.26. The summed E-state index contributed by atoms with van der Waals surface area (Å²) in [4.78, 5) is 122. The molecule has 0 aliphatic carbocycles. The Kier molecular flexibility index (Phi) is 22.0. The number of aromatic hydroxyl groups is 2. The van der Waals surface area contributed by atoms with E-state index in [1.165, 1.54) is 104 Å². The number of nitrogens with zero attached hydrogens (tertiary/aromatic N) is 3. The molecule has 3 N–H and O–H groups in total. The van der Waals surface area contributed by atoms with Crippen molar-refractivity contribution < 1.29 is 58.3 Å². The number of hydrogen-bond donors (Lipinski definition) is 3. The summed E-state index contributed by atoms with van der Waals surface area (Å²) >= 11 is 0. The maximum Gasteiger partial charge on any atom is 0.270 e. The van der Waals surface area contributed by atoms with Crippen LogP contribution in [0.3, 0.4) is 0 Å². The number of non-ortho nitro benzene ring substituents is 1. The molecule has 0 atom stereocenters. The van der Waals surface area contributed by atoms with Gasteiger partial charge in [0.2, 0.25) is 5.78 Å². The molecule has 334 valence electrons. The minimum absolute atomic E-state index is 0.00833. The Morgan fingerprint density at radius 3 is 1.48 bits per heavy atom. The number of H-pyrrole nitrogens is 1. The Labute approximate surface area is 368 Å². The number of pyridine rings is 1. The van der Waals surface area contributed by atoms with Crippen molar-refractivity contribution in [1.82, 2.24) is 15.0 Å². The third-order valence-corrected chi connectivity index (χ3v) is 8.40. The largest absolute Gasteiger partial charge is 0.507 e. The van der Waals surface area contributed by atoms with Crippen molar-refractivity contribution in [2.75, 3.05) is 0 Å². The minimum atomic E-state index is -0.627. The van der Waals surface area contributed by atoms with Gasteiger partial charge in [-0.1, -0.05) is 19.1 Å². The lowest BCUT2D eigenvalue weighted by Crippen LogP contribution is -2.10. The van der Waals surface area contributed by atoms with Gasteiger partial charge in [0.1, 0.15) is 17.2 Å². The molecule has 17 heteroatoms. The number of aromatic nitrogens is 3. The number of rotatable bonds is 15. The van der Waals surface area contributed by atoms with E-state index >= 15 is 0 Å². The molecule has 4 aromatic rings. The summed E-state index contributed by atoms with van der Waals surface area (Å²) in [5, 5.41) is 29.8. The molecule has 0 saturated carbocycles. The quantitative estimate of drug-likeness (QED) is 0.0263. The lowest BCUT2D eigenvalue weighted by molar-refractivity contribution is -0.384. The number of aromatic amines is 1. The molecule has 2 aromatic heterocycles. The maximum atomic E-state index is 11.9. The van der Waals surface area contributed by atoms with Crippen LogP contribution in [0.1, 0.15) is 111 Å². The molecule has 0 aliphatic heterocycles.